The normalized spacial score (nSPS) is 15.3. The van der Waals surface area contributed by atoms with Crippen LogP contribution in [0.1, 0.15) is 40.6 Å². The van der Waals surface area contributed by atoms with Crippen LogP contribution in [0, 0.1) is 0 Å². The topological polar surface area (TPSA) is 68.8 Å². The lowest BCUT2D eigenvalue weighted by molar-refractivity contribution is 0.0704. The molecule has 0 saturated carbocycles. The molecule has 1 saturated heterocycles. The summed E-state index contributed by atoms with van der Waals surface area (Å²) < 4.78 is 3.76. The molecule has 0 radical (unpaired) electrons. The van der Waals surface area contributed by atoms with E-state index in [9.17, 15) is 4.79 Å². The van der Waals surface area contributed by atoms with Gasteiger partial charge in [-0.1, -0.05) is 11.6 Å². The number of carbonyl (C=O) groups excluding carboxylic acids is 1. The highest BCUT2D eigenvalue weighted by Crippen LogP contribution is 2.28. The SMILES string of the molecule is Cn1cc(Cl)c(C(=O)N2CCC(c3nccn3Cc3ccncc3)CC2)n1. The van der Waals surface area contributed by atoms with E-state index in [1.807, 2.05) is 29.4 Å². The van der Waals surface area contributed by atoms with Gasteiger partial charge in [-0.05, 0) is 30.5 Å². The van der Waals surface area contributed by atoms with Gasteiger partial charge in [0, 0.05) is 63.6 Å². The molecule has 0 bridgehead atoms. The number of aromatic nitrogens is 5. The van der Waals surface area contributed by atoms with Gasteiger partial charge in [-0.3, -0.25) is 14.5 Å². The first-order chi connectivity index (χ1) is 13.1. The zero-order valence-corrected chi connectivity index (χ0v) is 15.9. The molecule has 0 spiro atoms. The fraction of sp³-hybridized carbons (Fsp3) is 0.368. The number of imidazole rings is 1. The molecule has 0 aliphatic carbocycles. The first-order valence-electron chi connectivity index (χ1n) is 9.00. The fourth-order valence-corrected chi connectivity index (χ4v) is 3.85. The molecule has 27 heavy (non-hydrogen) atoms. The predicted molar refractivity (Wildman–Crippen MR) is 102 cm³/mol. The van der Waals surface area contributed by atoms with Crippen LogP contribution in [0.3, 0.4) is 0 Å². The third-order valence-corrected chi connectivity index (χ3v) is 5.26. The number of piperidine rings is 1. The Labute approximate surface area is 162 Å². The Morgan fingerprint density at radius 3 is 2.63 bits per heavy atom. The molecule has 1 aliphatic heterocycles. The highest BCUT2D eigenvalue weighted by Gasteiger charge is 2.29. The molecular formula is C19H21ClN6O. The van der Waals surface area contributed by atoms with Gasteiger partial charge in [0.25, 0.3) is 5.91 Å². The molecule has 4 rings (SSSR count). The summed E-state index contributed by atoms with van der Waals surface area (Å²) in [4.78, 5) is 23.2. The van der Waals surface area contributed by atoms with Gasteiger partial charge < -0.3 is 9.47 Å². The van der Waals surface area contributed by atoms with E-state index in [0.717, 1.165) is 25.2 Å². The maximum Gasteiger partial charge on any atom is 0.275 e. The van der Waals surface area contributed by atoms with Crippen molar-refractivity contribution in [1.29, 1.82) is 0 Å². The lowest BCUT2D eigenvalue weighted by atomic mass is 9.95. The molecule has 1 aliphatic rings. The monoisotopic (exact) mass is 384 g/mol. The second-order valence-corrected chi connectivity index (χ2v) is 7.24. The van der Waals surface area contributed by atoms with Gasteiger partial charge in [0.1, 0.15) is 5.82 Å². The molecule has 140 valence electrons. The molecule has 1 fully saturated rings. The molecule has 8 heteroatoms. The highest BCUT2D eigenvalue weighted by molar-refractivity contribution is 6.33. The number of hydrogen-bond acceptors (Lipinski definition) is 4. The summed E-state index contributed by atoms with van der Waals surface area (Å²) in [5.74, 6) is 1.32. The quantitative estimate of drug-likeness (QED) is 0.693. The number of pyridine rings is 1. The lowest BCUT2D eigenvalue weighted by Gasteiger charge is -2.31. The van der Waals surface area contributed by atoms with Crippen LogP contribution in [-0.4, -0.2) is 48.2 Å². The summed E-state index contributed by atoms with van der Waals surface area (Å²) in [6.45, 7) is 2.14. The Bertz CT molecular complexity index is 927. The summed E-state index contributed by atoms with van der Waals surface area (Å²) in [5.41, 5.74) is 1.53. The summed E-state index contributed by atoms with van der Waals surface area (Å²) in [6.07, 6.45) is 10.9. The first kappa shape index (κ1) is 17.7. The molecule has 0 unspecified atom stereocenters. The van der Waals surface area contributed by atoms with Crippen LogP contribution in [0.15, 0.2) is 43.1 Å². The molecule has 0 N–H and O–H groups in total. The molecular weight excluding hydrogens is 364 g/mol. The van der Waals surface area contributed by atoms with Gasteiger partial charge in [-0.25, -0.2) is 4.98 Å². The molecule has 3 aromatic rings. The average molecular weight is 385 g/mol. The number of likely N-dealkylation sites (tertiary alicyclic amines) is 1. The third kappa shape index (κ3) is 3.73. The largest absolute Gasteiger partial charge is 0.337 e. The molecule has 4 heterocycles. The number of aryl methyl sites for hydroxylation is 1. The van der Waals surface area contributed by atoms with Crippen molar-refractivity contribution < 1.29 is 4.79 Å². The van der Waals surface area contributed by atoms with Gasteiger partial charge in [0.2, 0.25) is 0 Å². The molecule has 0 aromatic carbocycles. The van der Waals surface area contributed by atoms with Crippen molar-refractivity contribution >= 4 is 17.5 Å². The number of carbonyl (C=O) groups is 1. The van der Waals surface area contributed by atoms with Gasteiger partial charge >= 0.3 is 0 Å². The van der Waals surface area contributed by atoms with Crippen LogP contribution >= 0.6 is 11.6 Å². The summed E-state index contributed by atoms with van der Waals surface area (Å²) >= 11 is 6.12. The number of hydrogen-bond donors (Lipinski definition) is 0. The van der Waals surface area contributed by atoms with Gasteiger partial charge in [0.05, 0.1) is 5.02 Å². The maximum atomic E-state index is 12.7. The Kier molecular flexibility index (Phi) is 4.94. The zero-order chi connectivity index (χ0) is 18.8. The van der Waals surface area contributed by atoms with Crippen LogP contribution in [0.4, 0.5) is 0 Å². The van der Waals surface area contributed by atoms with E-state index in [0.29, 0.717) is 29.7 Å². The Morgan fingerprint density at radius 2 is 1.96 bits per heavy atom. The number of amides is 1. The Morgan fingerprint density at radius 1 is 1.22 bits per heavy atom. The standard InChI is InChI=1S/C19H21ClN6O/c1-24-13-16(20)17(23-24)19(27)25-9-4-15(5-10-25)18-22-8-11-26(18)12-14-2-6-21-7-3-14/h2-3,6-8,11,13,15H,4-5,9-10,12H2,1H3. The zero-order valence-electron chi connectivity index (χ0n) is 15.1. The van der Waals surface area contributed by atoms with Crippen LogP contribution in [0.5, 0.6) is 0 Å². The second kappa shape index (κ2) is 7.52. The van der Waals surface area contributed by atoms with Crippen LogP contribution < -0.4 is 0 Å². The fourth-order valence-electron chi connectivity index (χ4n) is 3.59. The van der Waals surface area contributed by atoms with E-state index in [2.05, 4.69) is 19.6 Å². The van der Waals surface area contributed by atoms with Crippen molar-refractivity contribution in [3.05, 3.63) is 65.2 Å². The van der Waals surface area contributed by atoms with Crippen molar-refractivity contribution in [2.75, 3.05) is 13.1 Å². The van der Waals surface area contributed by atoms with Gasteiger partial charge in [-0.15, -0.1) is 0 Å². The minimum atomic E-state index is -0.0980. The van der Waals surface area contributed by atoms with Crippen molar-refractivity contribution in [1.82, 2.24) is 29.2 Å². The summed E-state index contributed by atoms with van der Waals surface area (Å²) in [5, 5.41) is 4.59. The van der Waals surface area contributed by atoms with E-state index < -0.39 is 0 Å². The number of halogens is 1. The van der Waals surface area contributed by atoms with Crippen molar-refractivity contribution in [3.63, 3.8) is 0 Å². The van der Waals surface area contributed by atoms with Crippen LogP contribution in [0.2, 0.25) is 5.02 Å². The summed E-state index contributed by atoms with van der Waals surface area (Å²) in [6, 6.07) is 4.03. The van der Waals surface area contributed by atoms with E-state index in [1.54, 1.807) is 30.3 Å². The van der Waals surface area contributed by atoms with E-state index >= 15 is 0 Å². The van der Waals surface area contributed by atoms with Crippen molar-refractivity contribution in [2.45, 2.75) is 25.3 Å². The first-order valence-corrected chi connectivity index (χ1v) is 9.38. The minimum Gasteiger partial charge on any atom is -0.337 e. The third-order valence-electron chi connectivity index (χ3n) is 4.98. The Hall–Kier alpha value is -2.67. The summed E-state index contributed by atoms with van der Waals surface area (Å²) in [7, 11) is 1.76. The molecule has 7 nitrogen and oxygen atoms in total. The number of rotatable bonds is 4. The lowest BCUT2D eigenvalue weighted by Crippen LogP contribution is -2.38. The van der Waals surface area contributed by atoms with E-state index in [-0.39, 0.29) is 5.91 Å². The van der Waals surface area contributed by atoms with E-state index in [4.69, 9.17) is 11.6 Å². The van der Waals surface area contributed by atoms with Crippen LogP contribution in [0.25, 0.3) is 0 Å². The molecule has 3 aromatic heterocycles. The molecule has 1 amide bonds. The smallest absolute Gasteiger partial charge is 0.275 e. The number of nitrogens with zero attached hydrogens (tertiary/aromatic N) is 6. The van der Waals surface area contributed by atoms with Crippen molar-refractivity contribution in [2.24, 2.45) is 7.05 Å². The highest BCUT2D eigenvalue weighted by atomic mass is 35.5. The molecule has 0 atom stereocenters. The average Bonchev–Trinajstić information content (AvgIpc) is 3.28. The van der Waals surface area contributed by atoms with E-state index in [1.165, 1.54) is 5.56 Å². The Balaban J connectivity index is 1.42. The van der Waals surface area contributed by atoms with Gasteiger partial charge in [-0.2, -0.15) is 5.10 Å². The minimum absolute atomic E-state index is 0.0980. The second-order valence-electron chi connectivity index (χ2n) is 6.83. The maximum absolute atomic E-state index is 12.7. The van der Waals surface area contributed by atoms with Crippen LogP contribution in [-0.2, 0) is 13.6 Å². The van der Waals surface area contributed by atoms with Crippen molar-refractivity contribution in [3.8, 4) is 0 Å². The van der Waals surface area contributed by atoms with Gasteiger partial charge in [0.15, 0.2) is 5.69 Å². The predicted octanol–water partition coefficient (Wildman–Crippen LogP) is 2.73.